The van der Waals surface area contributed by atoms with Crippen molar-refractivity contribution in [3.8, 4) is 0 Å². The van der Waals surface area contributed by atoms with E-state index in [0.29, 0.717) is 13.2 Å². The van der Waals surface area contributed by atoms with Crippen LogP contribution in [0, 0.1) is 0 Å². The number of aliphatic hydroxyl groups is 1. The molecular weight excluding hydrogens is 174 g/mol. The number of carbonyl (C=O) groups is 1. The zero-order valence-corrected chi connectivity index (χ0v) is 8.03. The molecule has 2 unspecified atom stereocenters. The highest BCUT2D eigenvalue weighted by Gasteiger charge is 2.19. The zero-order valence-electron chi connectivity index (χ0n) is 8.03. The molecule has 0 saturated carbocycles. The second-order valence-corrected chi connectivity index (χ2v) is 2.63. The maximum absolute atomic E-state index is 11.0. The van der Waals surface area contributed by atoms with E-state index >= 15 is 0 Å². The Morgan fingerprint density at radius 2 is 2.15 bits per heavy atom. The third kappa shape index (κ3) is 5.57. The molecule has 0 aromatic rings. The first kappa shape index (κ1) is 12.3. The van der Waals surface area contributed by atoms with Gasteiger partial charge in [-0.15, -0.1) is 0 Å². The lowest BCUT2D eigenvalue weighted by atomic mass is 10.2. The van der Waals surface area contributed by atoms with Crippen molar-refractivity contribution in [1.82, 2.24) is 0 Å². The van der Waals surface area contributed by atoms with Gasteiger partial charge in [-0.1, -0.05) is 0 Å². The predicted molar refractivity (Wildman–Crippen MR) is 47.1 cm³/mol. The lowest BCUT2D eigenvalue weighted by molar-refractivity contribution is -0.149. The van der Waals surface area contributed by atoms with E-state index in [0.717, 1.165) is 0 Å². The van der Waals surface area contributed by atoms with Crippen LogP contribution in [0.2, 0.25) is 0 Å². The number of carbonyl (C=O) groups excluding carboxylic acids is 1. The van der Waals surface area contributed by atoms with Crippen LogP contribution in [-0.2, 0) is 14.3 Å². The molecule has 3 N–H and O–H groups in total. The van der Waals surface area contributed by atoms with Crippen LogP contribution in [0.25, 0.3) is 0 Å². The number of esters is 1. The van der Waals surface area contributed by atoms with Gasteiger partial charge in [-0.3, -0.25) is 4.79 Å². The summed E-state index contributed by atoms with van der Waals surface area (Å²) in [7, 11) is 0. The van der Waals surface area contributed by atoms with Gasteiger partial charge in [0.05, 0.1) is 12.7 Å². The Balaban J connectivity index is 3.50. The molecule has 0 rings (SSSR count). The quantitative estimate of drug-likeness (QED) is 0.427. The summed E-state index contributed by atoms with van der Waals surface area (Å²) in [6, 6.07) is -0.971. The summed E-state index contributed by atoms with van der Waals surface area (Å²) in [6.07, 6.45) is -0.889. The van der Waals surface area contributed by atoms with Crippen LogP contribution in [0.4, 0.5) is 0 Å². The van der Waals surface area contributed by atoms with E-state index in [1.165, 1.54) is 6.92 Å². The van der Waals surface area contributed by atoms with Crippen molar-refractivity contribution in [1.29, 1.82) is 0 Å². The van der Waals surface area contributed by atoms with Crippen LogP contribution in [0.5, 0.6) is 0 Å². The maximum Gasteiger partial charge on any atom is 0.325 e. The molecule has 0 radical (unpaired) electrons. The number of nitrogens with two attached hydrogens (primary N) is 1. The number of hydrogen-bond donors (Lipinski definition) is 2. The Morgan fingerprint density at radius 1 is 1.54 bits per heavy atom. The number of ether oxygens (including phenoxy) is 2. The highest BCUT2D eigenvalue weighted by molar-refractivity contribution is 5.76. The van der Waals surface area contributed by atoms with Crippen LogP contribution >= 0.6 is 0 Å². The Kier molecular flexibility index (Phi) is 6.48. The van der Waals surface area contributed by atoms with Crippen molar-refractivity contribution in [2.24, 2.45) is 5.73 Å². The average molecular weight is 191 g/mol. The van der Waals surface area contributed by atoms with Gasteiger partial charge in [-0.05, 0) is 13.8 Å². The molecule has 0 spiro atoms. The van der Waals surface area contributed by atoms with E-state index < -0.39 is 18.1 Å². The van der Waals surface area contributed by atoms with Gasteiger partial charge < -0.3 is 20.3 Å². The minimum Gasteiger partial charge on any atom is -0.462 e. The Labute approximate surface area is 77.8 Å². The number of aliphatic hydroxyl groups excluding tert-OH is 1. The van der Waals surface area contributed by atoms with Crippen LogP contribution < -0.4 is 5.73 Å². The summed E-state index contributed by atoms with van der Waals surface area (Å²) in [4.78, 5) is 11.0. The fourth-order valence-electron chi connectivity index (χ4n) is 0.639. The van der Waals surface area contributed by atoms with Crippen molar-refractivity contribution < 1.29 is 19.4 Å². The van der Waals surface area contributed by atoms with Crippen LogP contribution in [0.3, 0.4) is 0 Å². The van der Waals surface area contributed by atoms with Crippen molar-refractivity contribution >= 4 is 5.97 Å². The van der Waals surface area contributed by atoms with E-state index in [1.54, 1.807) is 0 Å². The molecule has 2 atom stereocenters. The maximum atomic E-state index is 11.0. The second kappa shape index (κ2) is 6.82. The molecule has 0 aromatic heterocycles. The van der Waals surface area contributed by atoms with Gasteiger partial charge in [0.15, 0.2) is 0 Å². The summed E-state index contributed by atoms with van der Waals surface area (Å²) in [5.41, 5.74) is 5.31. The molecule has 0 fully saturated rings. The standard InChI is InChI=1S/C8H17NO4/c1-3-12-4-5-13-8(11)7(9)6(2)10/h6-7,10H,3-5,9H2,1-2H3. The first-order chi connectivity index (χ1) is 6.09. The van der Waals surface area contributed by atoms with Crippen molar-refractivity contribution in [3.63, 3.8) is 0 Å². The van der Waals surface area contributed by atoms with Gasteiger partial charge in [0.2, 0.25) is 0 Å². The molecule has 0 bridgehead atoms. The minimum atomic E-state index is -0.971. The van der Waals surface area contributed by atoms with Gasteiger partial charge in [0, 0.05) is 6.61 Å². The van der Waals surface area contributed by atoms with E-state index in [4.69, 9.17) is 20.3 Å². The summed E-state index contributed by atoms with van der Waals surface area (Å²) in [5.74, 6) is -0.602. The molecule has 5 nitrogen and oxygen atoms in total. The molecule has 78 valence electrons. The smallest absolute Gasteiger partial charge is 0.325 e. The van der Waals surface area contributed by atoms with Crippen molar-refractivity contribution in [2.75, 3.05) is 19.8 Å². The Hall–Kier alpha value is -0.650. The van der Waals surface area contributed by atoms with Crippen LogP contribution in [0.15, 0.2) is 0 Å². The Morgan fingerprint density at radius 3 is 2.62 bits per heavy atom. The zero-order chi connectivity index (χ0) is 10.3. The summed E-state index contributed by atoms with van der Waals surface area (Å²) >= 11 is 0. The van der Waals surface area contributed by atoms with Gasteiger partial charge in [0.1, 0.15) is 12.6 Å². The molecule has 5 heteroatoms. The van der Waals surface area contributed by atoms with Gasteiger partial charge >= 0.3 is 5.97 Å². The van der Waals surface area contributed by atoms with E-state index in [1.807, 2.05) is 6.92 Å². The van der Waals surface area contributed by atoms with E-state index in [9.17, 15) is 4.79 Å². The second-order valence-electron chi connectivity index (χ2n) is 2.63. The van der Waals surface area contributed by atoms with Gasteiger partial charge in [0.25, 0.3) is 0 Å². The number of hydrogen-bond acceptors (Lipinski definition) is 5. The molecule has 0 aliphatic rings. The highest BCUT2D eigenvalue weighted by Crippen LogP contribution is 1.92. The van der Waals surface area contributed by atoms with E-state index in [2.05, 4.69) is 0 Å². The third-order valence-corrected chi connectivity index (χ3v) is 1.47. The fraction of sp³-hybridized carbons (Fsp3) is 0.875. The summed E-state index contributed by atoms with van der Waals surface area (Å²) in [5, 5.41) is 8.94. The lowest BCUT2D eigenvalue weighted by Crippen LogP contribution is -2.41. The van der Waals surface area contributed by atoms with Crippen molar-refractivity contribution in [3.05, 3.63) is 0 Å². The number of rotatable bonds is 6. The molecular formula is C8H17NO4. The summed E-state index contributed by atoms with van der Waals surface area (Å²) in [6.45, 7) is 4.40. The van der Waals surface area contributed by atoms with Crippen molar-refractivity contribution in [2.45, 2.75) is 26.0 Å². The molecule has 0 aromatic carbocycles. The molecule has 0 aliphatic heterocycles. The first-order valence-corrected chi connectivity index (χ1v) is 4.27. The van der Waals surface area contributed by atoms with E-state index in [-0.39, 0.29) is 6.61 Å². The SMILES string of the molecule is CCOCCOC(=O)C(N)C(C)O. The largest absolute Gasteiger partial charge is 0.462 e. The molecule has 0 amide bonds. The molecule has 0 aliphatic carbocycles. The van der Waals surface area contributed by atoms with Crippen LogP contribution in [0.1, 0.15) is 13.8 Å². The van der Waals surface area contributed by atoms with Crippen LogP contribution in [-0.4, -0.2) is 43.0 Å². The monoisotopic (exact) mass is 191 g/mol. The molecule has 0 saturated heterocycles. The van der Waals surface area contributed by atoms with Gasteiger partial charge in [-0.25, -0.2) is 0 Å². The topological polar surface area (TPSA) is 81.8 Å². The predicted octanol–water partition coefficient (Wildman–Crippen LogP) is -0.726. The molecule has 0 heterocycles. The fourth-order valence-corrected chi connectivity index (χ4v) is 0.639. The lowest BCUT2D eigenvalue weighted by Gasteiger charge is -2.13. The average Bonchev–Trinajstić information content (AvgIpc) is 2.10. The van der Waals surface area contributed by atoms with Gasteiger partial charge in [-0.2, -0.15) is 0 Å². The minimum absolute atomic E-state index is 0.174. The Bertz CT molecular complexity index is 149. The normalized spacial score (nSPS) is 15.1. The highest BCUT2D eigenvalue weighted by atomic mass is 16.6. The first-order valence-electron chi connectivity index (χ1n) is 4.27. The summed E-state index contributed by atoms with van der Waals surface area (Å²) < 4.78 is 9.66. The third-order valence-electron chi connectivity index (χ3n) is 1.47. The molecule has 13 heavy (non-hydrogen) atoms.